The fourth-order valence-corrected chi connectivity index (χ4v) is 2.32. The van der Waals surface area contributed by atoms with Crippen molar-refractivity contribution in [1.29, 1.82) is 0 Å². The fraction of sp³-hybridized carbons (Fsp3) is 0.222. The minimum Gasteiger partial charge on any atom is -0.479 e. The van der Waals surface area contributed by atoms with Crippen LogP contribution in [0.25, 0.3) is 0 Å². The van der Waals surface area contributed by atoms with E-state index in [2.05, 4.69) is 5.32 Å². The topological polar surface area (TPSA) is 83.1 Å². The van der Waals surface area contributed by atoms with Gasteiger partial charge in [0.2, 0.25) is 6.79 Å². The van der Waals surface area contributed by atoms with Gasteiger partial charge in [-0.25, -0.2) is 4.79 Å². The molecule has 1 atom stereocenters. The highest BCUT2D eigenvalue weighted by Crippen LogP contribution is 2.34. The van der Waals surface area contributed by atoms with E-state index in [1.807, 2.05) is 0 Å². The van der Waals surface area contributed by atoms with Crippen LogP contribution in [-0.2, 0) is 14.3 Å². The van der Waals surface area contributed by atoms with Crippen LogP contribution in [0.15, 0.2) is 42.5 Å². The van der Waals surface area contributed by atoms with E-state index in [0.717, 1.165) is 0 Å². The van der Waals surface area contributed by atoms with Crippen LogP contribution in [0.5, 0.6) is 17.2 Å². The van der Waals surface area contributed by atoms with Gasteiger partial charge in [-0.3, -0.25) is 4.79 Å². The summed E-state index contributed by atoms with van der Waals surface area (Å²) in [7, 11) is 0. The standard InChI is InChI=1S/C18H16ClNO6/c1-11(26-14-5-2-12(19)3-6-14)18(22)23-9-17(21)20-13-4-7-15-16(8-13)25-10-24-15/h2-8,11H,9-10H2,1H3,(H,20,21)/t11-/m0/s1. The first-order valence-corrected chi connectivity index (χ1v) is 8.17. The molecule has 26 heavy (non-hydrogen) atoms. The SMILES string of the molecule is C[C@H](Oc1ccc(Cl)cc1)C(=O)OCC(=O)Nc1ccc2c(c1)OCO2. The van der Waals surface area contributed by atoms with Crippen molar-refractivity contribution < 1.29 is 28.5 Å². The van der Waals surface area contributed by atoms with E-state index in [9.17, 15) is 9.59 Å². The number of carbonyl (C=O) groups excluding carboxylic acids is 2. The Morgan fingerprint density at radius 2 is 1.88 bits per heavy atom. The smallest absolute Gasteiger partial charge is 0.347 e. The van der Waals surface area contributed by atoms with Crippen LogP contribution in [0.4, 0.5) is 5.69 Å². The predicted octanol–water partition coefficient (Wildman–Crippen LogP) is 3.02. The van der Waals surface area contributed by atoms with E-state index in [1.54, 1.807) is 42.5 Å². The molecular weight excluding hydrogens is 362 g/mol. The second kappa shape index (κ2) is 7.97. The number of carbonyl (C=O) groups is 2. The lowest BCUT2D eigenvalue weighted by atomic mass is 10.3. The molecule has 0 bridgehead atoms. The van der Waals surface area contributed by atoms with E-state index in [0.29, 0.717) is 28.0 Å². The number of nitrogens with one attached hydrogen (secondary N) is 1. The molecule has 0 saturated carbocycles. The summed E-state index contributed by atoms with van der Waals surface area (Å²) in [6.45, 7) is 1.25. The Kier molecular flexibility index (Phi) is 5.48. The van der Waals surface area contributed by atoms with Crippen LogP contribution < -0.4 is 19.5 Å². The van der Waals surface area contributed by atoms with Crippen LogP contribution in [-0.4, -0.2) is 31.4 Å². The fourth-order valence-electron chi connectivity index (χ4n) is 2.19. The van der Waals surface area contributed by atoms with Gasteiger partial charge in [0.05, 0.1) is 0 Å². The van der Waals surface area contributed by atoms with Gasteiger partial charge in [-0.2, -0.15) is 0 Å². The first-order valence-electron chi connectivity index (χ1n) is 7.79. The highest BCUT2D eigenvalue weighted by atomic mass is 35.5. The molecule has 1 aliphatic heterocycles. The first-order chi connectivity index (χ1) is 12.5. The van der Waals surface area contributed by atoms with Crippen LogP contribution in [0, 0.1) is 0 Å². The molecule has 0 fully saturated rings. The summed E-state index contributed by atoms with van der Waals surface area (Å²) in [5, 5.41) is 3.18. The minimum atomic E-state index is -0.866. The highest BCUT2D eigenvalue weighted by Gasteiger charge is 2.19. The third-order valence-electron chi connectivity index (χ3n) is 3.46. The lowest BCUT2D eigenvalue weighted by Gasteiger charge is -2.14. The molecule has 2 aromatic rings. The molecule has 2 aromatic carbocycles. The van der Waals surface area contributed by atoms with Gasteiger partial charge in [0.25, 0.3) is 5.91 Å². The summed E-state index contributed by atoms with van der Waals surface area (Å²) in [6.07, 6.45) is -0.866. The summed E-state index contributed by atoms with van der Waals surface area (Å²) in [5.74, 6) is 0.507. The zero-order valence-electron chi connectivity index (χ0n) is 13.9. The van der Waals surface area contributed by atoms with Crippen molar-refractivity contribution >= 4 is 29.2 Å². The molecule has 0 unspecified atom stereocenters. The van der Waals surface area contributed by atoms with Crippen molar-refractivity contribution in [3.05, 3.63) is 47.5 Å². The summed E-state index contributed by atoms with van der Waals surface area (Å²) in [5.41, 5.74) is 0.515. The first kappa shape index (κ1) is 17.9. The molecule has 0 aliphatic carbocycles. The molecule has 1 amide bonds. The lowest BCUT2D eigenvalue weighted by molar-refractivity contribution is -0.153. The molecule has 136 valence electrons. The maximum absolute atomic E-state index is 11.9. The van der Waals surface area contributed by atoms with E-state index >= 15 is 0 Å². The number of amides is 1. The Morgan fingerprint density at radius 3 is 2.65 bits per heavy atom. The van der Waals surface area contributed by atoms with Gasteiger partial charge < -0.3 is 24.3 Å². The van der Waals surface area contributed by atoms with Gasteiger partial charge in [0, 0.05) is 16.8 Å². The lowest BCUT2D eigenvalue weighted by Crippen LogP contribution is -2.29. The van der Waals surface area contributed by atoms with Crippen molar-refractivity contribution in [3.8, 4) is 17.2 Å². The van der Waals surface area contributed by atoms with Gasteiger partial charge in [0.15, 0.2) is 24.2 Å². The number of ether oxygens (including phenoxy) is 4. The van der Waals surface area contributed by atoms with Crippen molar-refractivity contribution in [1.82, 2.24) is 0 Å². The van der Waals surface area contributed by atoms with E-state index in [4.69, 9.17) is 30.5 Å². The Hall–Kier alpha value is -2.93. The van der Waals surface area contributed by atoms with Crippen molar-refractivity contribution in [2.45, 2.75) is 13.0 Å². The van der Waals surface area contributed by atoms with Crippen LogP contribution in [0.2, 0.25) is 5.02 Å². The average molecular weight is 378 g/mol. The summed E-state index contributed by atoms with van der Waals surface area (Å²) in [6, 6.07) is 11.6. The summed E-state index contributed by atoms with van der Waals surface area (Å²) in [4.78, 5) is 23.9. The number of hydrogen-bond donors (Lipinski definition) is 1. The third kappa shape index (κ3) is 4.58. The number of rotatable bonds is 6. The summed E-state index contributed by atoms with van der Waals surface area (Å²) >= 11 is 5.79. The van der Waals surface area contributed by atoms with Gasteiger partial charge in [-0.15, -0.1) is 0 Å². The quantitative estimate of drug-likeness (QED) is 0.779. The number of benzene rings is 2. The molecule has 0 aromatic heterocycles. The molecule has 0 saturated heterocycles. The second-order valence-electron chi connectivity index (χ2n) is 5.44. The number of esters is 1. The van der Waals surface area contributed by atoms with Gasteiger partial charge >= 0.3 is 5.97 Å². The zero-order valence-corrected chi connectivity index (χ0v) is 14.6. The molecule has 0 spiro atoms. The number of halogens is 1. The maximum Gasteiger partial charge on any atom is 0.347 e. The molecule has 7 nitrogen and oxygen atoms in total. The van der Waals surface area contributed by atoms with Gasteiger partial charge in [0.1, 0.15) is 5.75 Å². The minimum absolute atomic E-state index is 0.149. The highest BCUT2D eigenvalue weighted by molar-refractivity contribution is 6.30. The van der Waals surface area contributed by atoms with Crippen molar-refractivity contribution in [2.24, 2.45) is 0 Å². The molecule has 1 aliphatic rings. The Labute approximate surface area is 154 Å². The normalized spacial score (nSPS) is 13.0. The van der Waals surface area contributed by atoms with Gasteiger partial charge in [-0.05, 0) is 43.3 Å². The van der Waals surface area contributed by atoms with Crippen LogP contribution in [0.1, 0.15) is 6.92 Å². The number of anilines is 1. The molecule has 0 radical (unpaired) electrons. The van der Waals surface area contributed by atoms with E-state index < -0.39 is 24.6 Å². The zero-order chi connectivity index (χ0) is 18.5. The van der Waals surface area contributed by atoms with Crippen molar-refractivity contribution in [2.75, 3.05) is 18.7 Å². The third-order valence-corrected chi connectivity index (χ3v) is 3.71. The van der Waals surface area contributed by atoms with E-state index in [1.165, 1.54) is 6.92 Å². The largest absolute Gasteiger partial charge is 0.479 e. The molecule has 1 N–H and O–H groups in total. The second-order valence-corrected chi connectivity index (χ2v) is 5.87. The summed E-state index contributed by atoms with van der Waals surface area (Å²) < 4.78 is 20.8. The Balaban J connectivity index is 1.46. The monoisotopic (exact) mass is 377 g/mol. The molecular formula is C18H16ClNO6. The number of hydrogen-bond acceptors (Lipinski definition) is 6. The van der Waals surface area contributed by atoms with Gasteiger partial charge in [-0.1, -0.05) is 11.6 Å². The maximum atomic E-state index is 11.9. The molecule has 1 heterocycles. The molecule has 8 heteroatoms. The van der Waals surface area contributed by atoms with Crippen molar-refractivity contribution in [3.63, 3.8) is 0 Å². The predicted molar refractivity (Wildman–Crippen MR) is 93.7 cm³/mol. The Bertz CT molecular complexity index is 808. The van der Waals surface area contributed by atoms with Crippen LogP contribution in [0.3, 0.4) is 0 Å². The Morgan fingerprint density at radius 1 is 1.15 bits per heavy atom. The molecule has 3 rings (SSSR count). The average Bonchev–Trinajstić information content (AvgIpc) is 3.09. The number of fused-ring (bicyclic) bond motifs is 1. The van der Waals surface area contributed by atoms with Crippen LogP contribution >= 0.6 is 11.6 Å². The van der Waals surface area contributed by atoms with E-state index in [-0.39, 0.29) is 6.79 Å².